The molecule has 8 nitrogen and oxygen atoms in total. The number of H-pyrrole nitrogens is 2. The number of hydrogen-bond donors (Lipinski definition) is 2. The summed E-state index contributed by atoms with van der Waals surface area (Å²) < 4.78 is 6.55. The van der Waals surface area contributed by atoms with Gasteiger partial charge in [0.15, 0.2) is 0 Å². The molecule has 3 aromatic rings. The maximum atomic E-state index is 11.6. The van der Waals surface area contributed by atoms with Crippen molar-refractivity contribution in [3.8, 4) is 11.3 Å². The Kier molecular flexibility index (Phi) is 4.48. The molecule has 126 valence electrons. The standard InChI is InChI=1S/C16H10BrN3O5/c17-10-3-1-2-9(8-10)13-7-5-11(25-13)4-6-12-14(20(23)24)15(21)19-16(22)18-12/h1-8H,(H2,18,19,21,22)/b6-4+. The fourth-order valence-corrected chi connectivity index (χ4v) is 2.60. The fourth-order valence-electron chi connectivity index (χ4n) is 2.20. The fraction of sp³-hybridized carbons (Fsp3) is 0. The van der Waals surface area contributed by atoms with Crippen molar-refractivity contribution in [2.75, 3.05) is 0 Å². The van der Waals surface area contributed by atoms with E-state index >= 15 is 0 Å². The largest absolute Gasteiger partial charge is 0.457 e. The monoisotopic (exact) mass is 403 g/mol. The second-order valence-electron chi connectivity index (χ2n) is 4.97. The molecule has 0 aliphatic carbocycles. The second-order valence-corrected chi connectivity index (χ2v) is 5.89. The van der Waals surface area contributed by atoms with E-state index in [0.29, 0.717) is 11.5 Å². The average Bonchev–Trinajstić information content (AvgIpc) is 3.01. The number of nitro groups is 1. The van der Waals surface area contributed by atoms with Crippen molar-refractivity contribution in [2.24, 2.45) is 0 Å². The van der Waals surface area contributed by atoms with Crippen LogP contribution in [-0.2, 0) is 0 Å². The number of aromatic amines is 2. The highest BCUT2D eigenvalue weighted by molar-refractivity contribution is 9.10. The smallest absolute Gasteiger partial charge is 0.357 e. The molecule has 0 aliphatic rings. The Hall–Kier alpha value is -3.20. The van der Waals surface area contributed by atoms with Gasteiger partial charge in [-0.25, -0.2) is 4.79 Å². The number of aromatic nitrogens is 2. The predicted molar refractivity (Wildman–Crippen MR) is 95.1 cm³/mol. The second kappa shape index (κ2) is 6.73. The van der Waals surface area contributed by atoms with Crippen LogP contribution in [0.15, 0.2) is 54.9 Å². The van der Waals surface area contributed by atoms with Gasteiger partial charge < -0.3 is 9.40 Å². The molecule has 2 heterocycles. The van der Waals surface area contributed by atoms with Gasteiger partial charge in [0.25, 0.3) is 0 Å². The summed E-state index contributed by atoms with van der Waals surface area (Å²) in [6.07, 6.45) is 2.68. The lowest BCUT2D eigenvalue weighted by Gasteiger charge is -1.97. The molecular weight excluding hydrogens is 394 g/mol. The summed E-state index contributed by atoms with van der Waals surface area (Å²) in [6, 6.07) is 10.9. The van der Waals surface area contributed by atoms with Gasteiger partial charge in [-0.15, -0.1) is 0 Å². The number of nitrogens with one attached hydrogen (secondary N) is 2. The van der Waals surface area contributed by atoms with Gasteiger partial charge in [-0.1, -0.05) is 28.1 Å². The zero-order valence-corrected chi connectivity index (χ0v) is 14.1. The van der Waals surface area contributed by atoms with E-state index in [9.17, 15) is 19.7 Å². The molecule has 9 heteroatoms. The zero-order valence-electron chi connectivity index (χ0n) is 12.5. The van der Waals surface area contributed by atoms with Crippen LogP contribution in [0.1, 0.15) is 11.5 Å². The van der Waals surface area contributed by atoms with Crippen LogP contribution in [0.25, 0.3) is 23.5 Å². The molecule has 0 unspecified atom stereocenters. The van der Waals surface area contributed by atoms with Crippen molar-refractivity contribution in [1.82, 2.24) is 9.97 Å². The zero-order chi connectivity index (χ0) is 18.0. The third-order valence-electron chi connectivity index (χ3n) is 3.28. The van der Waals surface area contributed by atoms with Crippen LogP contribution in [0, 0.1) is 10.1 Å². The summed E-state index contributed by atoms with van der Waals surface area (Å²) in [5.74, 6) is 1.01. The summed E-state index contributed by atoms with van der Waals surface area (Å²) in [5.41, 5.74) is -1.99. The first-order valence-corrected chi connectivity index (χ1v) is 7.78. The Bertz CT molecular complexity index is 1090. The van der Waals surface area contributed by atoms with Crippen molar-refractivity contribution >= 4 is 33.8 Å². The molecule has 0 radical (unpaired) electrons. The van der Waals surface area contributed by atoms with Gasteiger partial charge in [0.1, 0.15) is 17.2 Å². The lowest BCUT2D eigenvalue weighted by Crippen LogP contribution is -2.25. The molecule has 3 rings (SSSR count). The Labute approximate surface area is 148 Å². The molecule has 0 bridgehead atoms. The van der Waals surface area contributed by atoms with Crippen molar-refractivity contribution in [3.63, 3.8) is 0 Å². The van der Waals surface area contributed by atoms with Crippen molar-refractivity contribution in [2.45, 2.75) is 0 Å². The van der Waals surface area contributed by atoms with Gasteiger partial charge in [-0.2, -0.15) is 0 Å². The van der Waals surface area contributed by atoms with Gasteiger partial charge in [0, 0.05) is 10.0 Å². The molecule has 2 aromatic heterocycles. The summed E-state index contributed by atoms with van der Waals surface area (Å²) in [4.78, 5) is 37.1. The number of hydrogen-bond acceptors (Lipinski definition) is 5. The van der Waals surface area contributed by atoms with E-state index in [1.165, 1.54) is 12.2 Å². The maximum absolute atomic E-state index is 11.6. The van der Waals surface area contributed by atoms with Crippen LogP contribution in [0.2, 0.25) is 0 Å². The Morgan fingerprint density at radius 2 is 1.92 bits per heavy atom. The summed E-state index contributed by atoms with van der Waals surface area (Å²) in [5, 5.41) is 11.0. The molecule has 0 atom stereocenters. The van der Waals surface area contributed by atoms with Crippen LogP contribution in [0.4, 0.5) is 5.69 Å². The highest BCUT2D eigenvalue weighted by Gasteiger charge is 2.18. The molecule has 0 aliphatic heterocycles. The Morgan fingerprint density at radius 1 is 1.12 bits per heavy atom. The number of furan rings is 1. The van der Waals surface area contributed by atoms with Gasteiger partial charge in [0.2, 0.25) is 0 Å². The highest BCUT2D eigenvalue weighted by Crippen LogP contribution is 2.26. The quantitative estimate of drug-likeness (QED) is 0.511. The predicted octanol–water partition coefficient (Wildman–Crippen LogP) is 3.16. The molecule has 25 heavy (non-hydrogen) atoms. The van der Waals surface area contributed by atoms with Crippen LogP contribution in [0.3, 0.4) is 0 Å². The SMILES string of the molecule is O=c1[nH]c(/C=C/c2ccc(-c3cccc(Br)c3)o2)c([N+](=O)[O-])c(=O)[nH]1. The third-order valence-corrected chi connectivity index (χ3v) is 3.77. The van der Waals surface area contributed by atoms with Crippen molar-refractivity contribution in [3.05, 3.63) is 83.3 Å². The minimum Gasteiger partial charge on any atom is -0.457 e. The minimum absolute atomic E-state index is 0.209. The van der Waals surface area contributed by atoms with Crippen LogP contribution in [-0.4, -0.2) is 14.9 Å². The normalized spacial score (nSPS) is 11.1. The summed E-state index contributed by atoms with van der Waals surface area (Å²) in [6.45, 7) is 0. The van der Waals surface area contributed by atoms with Crippen LogP contribution < -0.4 is 11.2 Å². The third kappa shape index (κ3) is 3.66. The molecule has 2 N–H and O–H groups in total. The molecule has 0 fully saturated rings. The van der Waals surface area contributed by atoms with Gasteiger partial charge >= 0.3 is 16.9 Å². The molecular formula is C16H10BrN3O5. The number of rotatable bonds is 4. The van der Waals surface area contributed by atoms with Crippen molar-refractivity contribution < 1.29 is 9.34 Å². The lowest BCUT2D eigenvalue weighted by atomic mass is 10.2. The van der Waals surface area contributed by atoms with Crippen molar-refractivity contribution in [1.29, 1.82) is 0 Å². The molecule has 0 amide bonds. The van der Waals surface area contributed by atoms with E-state index in [0.717, 1.165) is 10.0 Å². The maximum Gasteiger partial charge on any atom is 0.357 e. The van der Waals surface area contributed by atoms with E-state index in [1.54, 1.807) is 12.1 Å². The Morgan fingerprint density at radius 3 is 2.64 bits per heavy atom. The summed E-state index contributed by atoms with van der Waals surface area (Å²) in [7, 11) is 0. The molecule has 1 aromatic carbocycles. The van der Waals surface area contributed by atoms with E-state index in [2.05, 4.69) is 20.9 Å². The first kappa shape index (κ1) is 16.7. The number of halogens is 1. The van der Waals surface area contributed by atoms with Crippen LogP contribution >= 0.6 is 15.9 Å². The highest BCUT2D eigenvalue weighted by atomic mass is 79.9. The van der Waals surface area contributed by atoms with E-state index in [1.807, 2.05) is 29.2 Å². The number of nitrogens with zero attached hydrogens (tertiary/aromatic N) is 1. The average molecular weight is 404 g/mol. The van der Waals surface area contributed by atoms with Gasteiger partial charge in [-0.3, -0.25) is 19.9 Å². The lowest BCUT2D eigenvalue weighted by molar-refractivity contribution is -0.386. The first-order chi connectivity index (χ1) is 11.9. The first-order valence-electron chi connectivity index (χ1n) is 6.99. The van der Waals surface area contributed by atoms with E-state index < -0.39 is 21.9 Å². The van der Waals surface area contributed by atoms with Gasteiger partial charge in [0.05, 0.1) is 4.92 Å². The molecule has 0 saturated heterocycles. The molecule has 0 spiro atoms. The van der Waals surface area contributed by atoms with Crippen LogP contribution in [0.5, 0.6) is 0 Å². The summed E-state index contributed by atoms with van der Waals surface area (Å²) >= 11 is 3.38. The van der Waals surface area contributed by atoms with Gasteiger partial charge in [-0.05, 0) is 36.4 Å². The van der Waals surface area contributed by atoms with E-state index in [4.69, 9.17) is 4.42 Å². The topological polar surface area (TPSA) is 122 Å². The minimum atomic E-state index is -1.07. The number of benzene rings is 1. The Balaban J connectivity index is 1.95. The van der Waals surface area contributed by atoms with E-state index in [-0.39, 0.29) is 5.69 Å². The molecule has 0 saturated carbocycles.